The fourth-order valence-corrected chi connectivity index (χ4v) is 2.47. The number of nitro groups is 1. The predicted octanol–water partition coefficient (Wildman–Crippen LogP) is 2.72. The van der Waals surface area contributed by atoms with E-state index in [1.807, 2.05) is 54.6 Å². The lowest BCUT2D eigenvalue weighted by atomic mass is 10.1. The highest BCUT2D eigenvalue weighted by Gasteiger charge is 2.24. The third-order valence-corrected chi connectivity index (χ3v) is 3.60. The molecule has 0 fully saturated rings. The van der Waals surface area contributed by atoms with Crippen LogP contribution in [0.3, 0.4) is 0 Å². The lowest BCUT2D eigenvalue weighted by Crippen LogP contribution is -2.21. The van der Waals surface area contributed by atoms with Crippen LogP contribution in [0.25, 0.3) is 0 Å². The Morgan fingerprint density at radius 1 is 1.12 bits per heavy atom. The van der Waals surface area contributed by atoms with E-state index >= 15 is 0 Å². The van der Waals surface area contributed by atoms with Gasteiger partial charge in [-0.3, -0.25) is 10.1 Å². The highest BCUT2D eigenvalue weighted by Crippen LogP contribution is 2.28. The Bertz CT molecular complexity index is 791. The molecule has 0 aliphatic carbocycles. The molecule has 122 valence electrons. The van der Waals surface area contributed by atoms with Gasteiger partial charge in [-0.05, 0) is 11.6 Å². The van der Waals surface area contributed by atoms with Crippen LogP contribution in [0.4, 0.5) is 0 Å². The van der Waals surface area contributed by atoms with E-state index in [1.54, 1.807) is 6.20 Å². The van der Waals surface area contributed by atoms with Gasteiger partial charge in [0.1, 0.15) is 18.4 Å². The van der Waals surface area contributed by atoms with Gasteiger partial charge in [0.2, 0.25) is 6.54 Å². The first-order valence-electron chi connectivity index (χ1n) is 7.47. The summed E-state index contributed by atoms with van der Waals surface area (Å²) in [5.74, 6) is 0.601. The lowest BCUT2D eigenvalue weighted by Gasteiger charge is -2.17. The van der Waals surface area contributed by atoms with E-state index in [1.165, 1.54) is 10.9 Å². The first-order chi connectivity index (χ1) is 11.7. The monoisotopic (exact) mass is 324 g/mol. The van der Waals surface area contributed by atoms with Crippen LogP contribution in [-0.4, -0.2) is 26.5 Å². The molecular weight excluding hydrogens is 308 g/mol. The Kier molecular flexibility index (Phi) is 4.81. The second-order valence-corrected chi connectivity index (χ2v) is 5.23. The minimum atomic E-state index is -0.575. The fourth-order valence-electron chi connectivity index (χ4n) is 2.47. The van der Waals surface area contributed by atoms with E-state index < -0.39 is 6.04 Å². The van der Waals surface area contributed by atoms with Crippen LogP contribution in [0, 0.1) is 10.1 Å². The Balaban J connectivity index is 1.87. The average molecular weight is 324 g/mol. The molecule has 3 rings (SSSR count). The Hall–Kier alpha value is -3.22. The summed E-state index contributed by atoms with van der Waals surface area (Å²) < 4.78 is 7.38. The Morgan fingerprint density at radius 3 is 2.58 bits per heavy atom. The summed E-state index contributed by atoms with van der Waals surface area (Å²) in [4.78, 5) is 10.7. The topological polar surface area (TPSA) is 83.1 Å². The van der Waals surface area contributed by atoms with Crippen molar-refractivity contribution < 1.29 is 9.66 Å². The fraction of sp³-hybridized carbons (Fsp3) is 0.176. The van der Waals surface area contributed by atoms with E-state index in [4.69, 9.17) is 4.74 Å². The van der Waals surface area contributed by atoms with Crippen molar-refractivity contribution in [2.45, 2.75) is 12.6 Å². The molecule has 0 amide bonds. The van der Waals surface area contributed by atoms with Crippen molar-refractivity contribution in [1.29, 1.82) is 0 Å². The van der Waals surface area contributed by atoms with Gasteiger partial charge in [-0.1, -0.05) is 53.7 Å². The van der Waals surface area contributed by atoms with Gasteiger partial charge >= 0.3 is 0 Å². The molecule has 0 saturated carbocycles. The summed E-state index contributed by atoms with van der Waals surface area (Å²) in [5, 5.41) is 18.7. The largest absolute Gasteiger partial charge is 0.489 e. The van der Waals surface area contributed by atoms with Crippen LogP contribution in [0.5, 0.6) is 5.75 Å². The van der Waals surface area contributed by atoms with Crippen molar-refractivity contribution in [3.05, 3.63) is 88.2 Å². The molecule has 0 saturated heterocycles. The van der Waals surface area contributed by atoms with Gasteiger partial charge in [0.25, 0.3) is 0 Å². The number of hydrogen-bond donors (Lipinski definition) is 0. The van der Waals surface area contributed by atoms with Crippen LogP contribution in [0.15, 0.2) is 67.0 Å². The molecule has 0 spiro atoms. The maximum atomic E-state index is 11.1. The van der Waals surface area contributed by atoms with E-state index in [9.17, 15) is 10.1 Å². The van der Waals surface area contributed by atoms with E-state index in [0.29, 0.717) is 17.9 Å². The summed E-state index contributed by atoms with van der Waals surface area (Å²) in [7, 11) is 0. The minimum Gasteiger partial charge on any atom is -0.489 e. The molecule has 0 N–H and O–H groups in total. The molecule has 0 aliphatic rings. The zero-order valence-corrected chi connectivity index (χ0v) is 12.9. The van der Waals surface area contributed by atoms with Gasteiger partial charge in [-0.2, -0.15) is 0 Å². The smallest absolute Gasteiger partial charge is 0.230 e. The van der Waals surface area contributed by atoms with Crippen molar-refractivity contribution in [2.24, 2.45) is 0 Å². The van der Waals surface area contributed by atoms with Crippen LogP contribution in [0.2, 0.25) is 0 Å². The molecule has 3 aromatic rings. The number of rotatable bonds is 7. The summed E-state index contributed by atoms with van der Waals surface area (Å²) in [6.07, 6.45) is 3.11. The first-order valence-corrected chi connectivity index (χ1v) is 7.47. The molecule has 1 atom stereocenters. The van der Waals surface area contributed by atoms with E-state index in [-0.39, 0.29) is 11.5 Å². The van der Waals surface area contributed by atoms with Crippen molar-refractivity contribution in [1.82, 2.24) is 15.0 Å². The second-order valence-electron chi connectivity index (χ2n) is 5.23. The van der Waals surface area contributed by atoms with Gasteiger partial charge in [-0.15, -0.1) is 5.10 Å². The van der Waals surface area contributed by atoms with Crippen LogP contribution in [0.1, 0.15) is 17.2 Å². The standard InChI is InChI=1S/C17H16N4O3/c22-21(23)12-16(20-11-10-18-19-20)15-8-4-5-9-17(15)24-13-14-6-2-1-3-7-14/h1-11,16H,12-13H2/t16-/m1/s1. The van der Waals surface area contributed by atoms with Crippen LogP contribution < -0.4 is 4.74 Å². The van der Waals surface area contributed by atoms with Gasteiger partial charge in [-0.25, -0.2) is 4.68 Å². The Morgan fingerprint density at radius 2 is 1.88 bits per heavy atom. The van der Waals surface area contributed by atoms with Crippen LogP contribution >= 0.6 is 0 Å². The maximum Gasteiger partial charge on any atom is 0.230 e. The van der Waals surface area contributed by atoms with Gasteiger partial charge in [0, 0.05) is 16.7 Å². The summed E-state index contributed by atoms with van der Waals surface area (Å²) in [5.41, 5.74) is 1.73. The number of hydrogen-bond acceptors (Lipinski definition) is 5. The molecule has 24 heavy (non-hydrogen) atoms. The summed E-state index contributed by atoms with van der Waals surface area (Å²) >= 11 is 0. The number of nitrogens with zero attached hydrogens (tertiary/aromatic N) is 4. The highest BCUT2D eigenvalue weighted by atomic mass is 16.6. The zero-order chi connectivity index (χ0) is 16.8. The molecule has 1 aromatic heterocycles. The minimum absolute atomic E-state index is 0.297. The molecule has 0 aliphatic heterocycles. The van der Waals surface area contributed by atoms with Gasteiger partial charge < -0.3 is 4.74 Å². The lowest BCUT2D eigenvalue weighted by molar-refractivity contribution is -0.484. The number of aromatic nitrogens is 3. The highest BCUT2D eigenvalue weighted by molar-refractivity contribution is 5.36. The maximum absolute atomic E-state index is 11.1. The second kappa shape index (κ2) is 7.36. The third-order valence-electron chi connectivity index (χ3n) is 3.60. The van der Waals surface area contributed by atoms with E-state index in [2.05, 4.69) is 10.3 Å². The SMILES string of the molecule is O=[N+]([O-])C[C@H](c1ccccc1OCc1ccccc1)n1ccnn1. The van der Waals surface area contributed by atoms with Gasteiger partial charge in [0.05, 0.1) is 6.20 Å². The molecule has 7 nitrogen and oxygen atoms in total. The van der Waals surface area contributed by atoms with Crippen molar-refractivity contribution >= 4 is 0 Å². The van der Waals surface area contributed by atoms with Crippen molar-refractivity contribution in [2.75, 3.05) is 6.54 Å². The normalized spacial score (nSPS) is 11.8. The van der Waals surface area contributed by atoms with Crippen molar-refractivity contribution in [3.63, 3.8) is 0 Å². The summed E-state index contributed by atoms with van der Waals surface area (Å²) in [6.45, 7) is 0.0927. The molecular formula is C17H16N4O3. The van der Waals surface area contributed by atoms with E-state index in [0.717, 1.165) is 5.56 Å². The number of benzene rings is 2. The Labute approximate surface area is 138 Å². The number of para-hydroxylation sites is 1. The number of ether oxygens (including phenoxy) is 1. The predicted molar refractivity (Wildman–Crippen MR) is 87.2 cm³/mol. The summed E-state index contributed by atoms with van der Waals surface area (Å²) in [6, 6.07) is 16.5. The average Bonchev–Trinajstić information content (AvgIpc) is 3.13. The quantitative estimate of drug-likeness (QED) is 0.493. The third kappa shape index (κ3) is 3.75. The molecule has 2 aromatic carbocycles. The molecule has 0 bridgehead atoms. The zero-order valence-electron chi connectivity index (χ0n) is 12.9. The van der Waals surface area contributed by atoms with Gasteiger partial charge in [0.15, 0.2) is 0 Å². The molecule has 0 radical (unpaired) electrons. The first kappa shape index (κ1) is 15.7. The van der Waals surface area contributed by atoms with Crippen molar-refractivity contribution in [3.8, 4) is 5.75 Å². The van der Waals surface area contributed by atoms with Crippen LogP contribution in [-0.2, 0) is 6.61 Å². The molecule has 7 heteroatoms. The molecule has 1 heterocycles. The molecule has 0 unspecified atom stereocenters.